The third kappa shape index (κ3) is 5.30. The summed E-state index contributed by atoms with van der Waals surface area (Å²) in [7, 11) is 0. The van der Waals surface area contributed by atoms with Crippen LogP contribution in [-0.4, -0.2) is 97.1 Å². The fourth-order valence-corrected chi connectivity index (χ4v) is 6.32. The smallest absolute Gasteiger partial charge is 0.0121 e. The molecule has 4 nitrogen and oxygen atoms in total. The SMILES string of the molecule is CC(C)CC1(CN2CC(CN3CCC(N4CCN(C(C)C)CC4)CC3)C2)CC1. The molecule has 0 unspecified atom stereocenters. The summed E-state index contributed by atoms with van der Waals surface area (Å²) in [6, 6.07) is 1.57. The highest BCUT2D eigenvalue weighted by Gasteiger charge is 2.46. The number of piperazine rings is 1. The fraction of sp³-hybridized carbons (Fsp3) is 1.00. The second-order valence-electron chi connectivity index (χ2n) is 11.4. The van der Waals surface area contributed by atoms with Crippen LogP contribution in [0, 0.1) is 17.3 Å². The summed E-state index contributed by atoms with van der Waals surface area (Å²) in [6.45, 7) is 22.8. The average molecular weight is 391 g/mol. The van der Waals surface area contributed by atoms with Crippen LogP contribution in [-0.2, 0) is 0 Å². The molecule has 4 rings (SSSR count). The Morgan fingerprint density at radius 2 is 1.46 bits per heavy atom. The van der Waals surface area contributed by atoms with Crippen molar-refractivity contribution in [2.24, 2.45) is 17.3 Å². The molecule has 0 aromatic rings. The van der Waals surface area contributed by atoms with Crippen LogP contribution < -0.4 is 0 Å². The fourth-order valence-electron chi connectivity index (χ4n) is 6.32. The van der Waals surface area contributed by atoms with Crippen molar-refractivity contribution in [2.75, 3.05) is 65.4 Å². The normalized spacial score (nSPS) is 28.9. The lowest BCUT2D eigenvalue weighted by molar-refractivity contribution is 0.0200. The second kappa shape index (κ2) is 8.91. The van der Waals surface area contributed by atoms with E-state index in [0.29, 0.717) is 6.04 Å². The monoisotopic (exact) mass is 390 g/mol. The molecule has 4 heteroatoms. The Morgan fingerprint density at radius 3 is 2.00 bits per heavy atom. The van der Waals surface area contributed by atoms with Gasteiger partial charge in [0.1, 0.15) is 0 Å². The highest BCUT2D eigenvalue weighted by atomic mass is 15.3. The number of hydrogen-bond acceptors (Lipinski definition) is 4. The number of likely N-dealkylation sites (tertiary alicyclic amines) is 2. The molecule has 0 amide bonds. The Kier molecular flexibility index (Phi) is 6.71. The molecule has 1 saturated carbocycles. The lowest BCUT2D eigenvalue weighted by atomic mass is 9.90. The van der Waals surface area contributed by atoms with Gasteiger partial charge in [0.25, 0.3) is 0 Å². The van der Waals surface area contributed by atoms with E-state index < -0.39 is 0 Å². The molecule has 0 atom stereocenters. The molecule has 0 bridgehead atoms. The summed E-state index contributed by atoms with van der Waals surface area (Å²) >= 11 is 0. The topological polar surface area (TPSA) is 13.0 Å². The zero-order valence-corrected chi connectivity index (χ0v) is 19.2. The van der Waals surface area contributed by atoms with Crippen LogP contribution in [0.3, 0.4) is 0 Å². The van der Waals surface area contributed by atoms with Gasteiger partial charge < -0.3 is 9.80 Å². The van der Waals surface area contributed by atoms with Crippen LogP contribution in [0.15, 0.2) is 0 Å². The Labute approximate surface area is 174 Å². The van der Waals surface area contributed by atoms with E-state index in [-0.39, 0.29) is 0 Å². The number of hydrogen-bond donors (Lipinski definition) is 0. The molecule has 162 valence electrons. The summed E-state index contributed by atoms with van der Waals surface area (Å²) in [5.41, 5.74) is 0.719. The second-order valence-corrected chi connectivity index (χ2v) is 11.4. The van der Waals surface area contributed by atoms with Gasteiger partial charge in [0.15, 0.2) is 0 Å². The molecule has 0 N–H and O–H groups in total. The summed E-state index contributed by atoms with van der Waals surface area (Å²) in [5, 5.41) is 0. The van der Waals surface area contributed by atoms with Crippen molar-refractivity contribution in [3.63, 3.8) is 0 Å². The van der Waals surface area contributed by atoms with E-state index in [4.69, 9.17) is 0 Å². The first-order valence-corrected chi connectivity index (χ1v) is 12.4. The zero-order chi connectivity index (χ0) is 19.7. The van der Waals surface area contributed by atoms with Crippen molar-refractivity contribution in [3.8, 4) is 0 Å². The predicted molar refractivity (Wildman–Crippen MR) is 119 cm³/mol. The first-order chi connectivity index (χ1) is 13.4. The minimum atomic E-state index is 0.714. The van der Waals surface area contributed by atoms with Gasteiger partial charge in [0.2, 0.25) is 0 Å². The molecule has 0 radical (unpaired) electrons. The van der Waals surface area contributed by atoms with Crippen molar-refractivity contribution in [2.45, 2.75) is 71.9 Å². The molecule has 0 spiro atoms. The van der Waals surface area contributed by atoms with Gasteiger partial charge in [-0.15, -0.1) is 0 Å². The average Bonchev–Trinajstić information content (AvgIpc) is 3.39. The van der Waals surface area contributed by atoms with Gasteiger partial charge in [0, 0.05) is 64.4 Å². The standard InChI is InChI=1S/C24H46N4/c1-20(2)15-24(7-8-24)19-26-17-22(18-26)16-25-9-5-23(6-10-25)28-13-11-27(12-14-28)21(3)4/h20-23H,5-19H2,1-4H3. The lowest BCUT2D eigenvalue weighted by Gasteiger charge is -2.46. The van der Waals surface area contributed by atoms with Crippen LogP contribution in [0.1, 0.15) is 59.8 Å². The highest BCUT2D eigenvalue weighted by Crippen LogP contribution is 2.51. The Morgan fingerprint density at radius 1 is 0.821 bits per heavy atom. The molecule has 3 aliphatic heterocycles. The van der Waals surface area contributed by atoms with Gasteiger partial charge >= 0.3 is 0 Å². The molecule has 3 saturated heterocycles. The Hall–Kier alpha value is -0.160. The molecule has 1 aliphatic carbocycles. The maximum absolute atomic E-state index is 2.80. The molecular weight excluding hydrogens is 344 g/mol. The summed E-state index contributed by atoms with van der Waals surface area (Å²) in [6.07, 6.45) is 7.23. The number of nitrogens with zero attached hydrogens (tertiary/aromatic N) is 4. The van der Waals surface area contributed by atoms with E-state index in [0.717, 1.165) is 23.3 Å². The third-order valence-corrected chi connectivity index (χ3v) is 8.06. The van der Waals surface area contributed by atoms with Crippen LogP contribution in [0.4, 0.5) is 0 Å². The van der Waals surface area contributed by atoms with E-state index in [1.165, 1.54) is 97.6 Å². The van der Waals surface area contributed by atoms with Gasteiger partial charge in [0.05, 0.1) is 0 Å². The van der Waals surface area contributed by atoms with E-state index in [9.17, 15) is 0 Å². The van der Waals surface area contributed by atoms with Gasteiger partial charge in [-0.05, 0) is 76.3 Å². The highest BCUT2D eigenvalue weighted by molar-refractivity contribution is 4.98. The van der Waals surface area contributed by atoms with E-state index >= 15 is 0 Å². The van der Waals surface area contributed by atoms with E-state index in [2.05, 4.69) is 47.3 Å². The zero-order valence-electron chi connectivity index (χ0n) is 19.2. The van der Waals surface area contributed by atoms with Crippen LogP contribution >= 0.6 is 0 Å². The molecule has 0 aromatic heterocycles. The summed E-state index contributed by atoms with van der Waals surface area (Å²) in [4.78, 5) is 11.0. The van der Waals surface area contributed by atoms with Crippen molar-refractivity contribution in [1.29, 1.82) is 0 Å². The lowest BCUT2D eigenvalue weighted by Crippen LogP contribution is -2.56. The van der Waals surface area contributed by atoms with Crippen molar-refractivity contribution in [3.05, 3.63) is 0 Å². The van der Waals surface area contributed by atoms with E-state index in [1.54, 1.807) is 0 Å². The molecular formula is C24H46N4. The molecule has 28 heavy (non-hydrogen) atoms. The summed E-state index contributed by atoms with van der Waals surface area (Å²) < 4.78 is 0. The quantitative estimate of drug-likeness (QED) is 0.631. The molecule has 4 aliphatic rings. The van der Waals surface area contributed by atoms with Gasteiger partial charge in [-0.25, -0.2) is 0 Å². The maximum Gasteiger partial charge on any atom is 0.0121 e. The predicted octanol–water partition coefficient (Wildman–Crippen LogP) is 3.23. The van der Waals surface area contributed by atoms with Crippen LogP contribution in [0.2, 0.25) is 0 Å². The molecule has 4 fully saturated rings. The maximum atomic E-state index is 2.80. The van der Waals surface area contributed by atoms with Crippen molar-refractivity contribution in [1.82, 2.24) is 19.6 Å². The largest absolute Gasteiger partial charge is 0.303 e. The third-order valence-electron chi connectivity index (χ3n) is 8.06. The molecule has 3 heterocycles. The first kappa shape index (κ1) is 21.1. The summed E-state index contributed by atoms with van der Waals surface area (Å²) in [5.74, 6) is 1.82. The number of rotatable bonds is 8. The first-order valence-electron chi connectivity index (χ1n) is 12.4. The van der Waals surface area contributed by atoms with Gasteiger partial charge in [-0.1, -0.05) is 13.8 Å². The van der Waals surface area contributed by atoms with Crippen LogP contribution in [0.5, 0.6) is 0 Å². The van der Waals surface area contributed by atoms with E-state index in [1.807, 2.05) is 0 Å². The van der Waals surface area contributed by atoms with Crippen LogP contribution in [0.25, 0.3) is 0 Å². The Bertz CT molecular complexity index is 479. The van der Waals surface area contributed by atoms with Crippen molar-refractivity contribution < 1.29 is 0 Å². The molecule has 0 aromatic carbocycles. The Balaban J connectivity index is 1.10. The van der Waals surface area contributed by atoms with Gasteiger partial charge in [-0.3, -0.25) is 9.80 Å². The van der Waals surface area contributed by atoms with Gasteiger partial charge in [-0.2, -0.15) is 0 Å². The minimum Gasteiger partial charge on any atom is -0.303 e. The van der Waals surface area contributed by atoms with Crippen molar-refractivity contribution >= 4 is 0 Å². The minimum absolute atomic E-state index is 0.714. The number of piperidine rings is 1.